The summed E-state index contributed by atoms with van der Waals surface area (Å²) in [5.74, 6) is -1.13. The minimum Gasteiger partial charge on any atom is -0.480 e. The van der Waals surface area contributed by atoms with Gasteiger partial charge in [0.15, 0.2) is 0 Å². The minimum absolute atomic E-state index is 0.129. The lowest BCUT2D eigenvalue weighted by atomic mass is 10.2. The Morgan fingerprint density at radius 2 is 2.27 bits per heavy atom. The lowest BCUT2D eigenvalue weighted by Gasteiger charge is -2.09. The van der Waals surface area contributed by atoms with Crippen LogP contribution < -0.4 is 5.73 Å². The predicted molar refractivity (Wildman–Crippen MR) is 58.1 cm³/mol. The molecule has 0 aliphatic rings. The molecule has 0 saturated heterocycles. The molecule has 0 aliphatic heterocycles. The largest absolute Gasteiger partial charge is 0.480 e. The summed E-state index contributed by atoms with van der Waals surface area (Å²) in [7, 11) is -1.59. The summed E-state index contributed by atoms with van der Waals surface area (Å²) in [5, 5.41) is 7.77. The van der Waals surface area contributed by atoms with Gasteiger partial charge in [0.05, 0.1) is 10.8 Å². The second kappa shape index (κ2) is 5.04. The van der Waals surface area contributed by atoms with Gasteiger partial charge in [-0.1, -0.05) is 12.1 Å². The summed E-state index contributed by atoms with van der Waals surface area (Å²) >= 11 is 0. The van der Waals surface area contributed by atoms with Crippen LogP contribution in [0, 0.1) is 6.92 Å². The first-order valence-corrected chi connectivity index (χ1v) is 5.67. The van der Waals surface area contributed by atoms with E-state index in [1.807, 2.05) is 13.0 Å². The van der Waals surface area contributed by atoms with Crippen LogP contribution in [0.2, 0.25) is 0 Å². The zero-order valence-corrected chi connectivity index (χ0v) is 9.16. The quantitative estimate of drug-likeness (QED) is 0.785. The van der Waals surface area contributed by atoms with Crippen molar-refractivity contribution in [3.63, 3.8) is 0 Å². The van der Waals surface area contributed by atoms with Gasteiger partial charge < -0.3 is 10.8 Å². The maximum Gasteiger partial charge on any atom is 0.320 e. The van der Waals surface area contributed by atoms with E-state index < -0.39 is 22.0 Å². The Labute approximate surface area is 90.6 Å². The fraction of sp³-hybridized carbons (Fsp3) is 0.300. The van der Waals surface area contributed by atoms with Crippen LogP contribution in [0.5, 0.6) is 0 Å². The standard InChI is InChI=1S/C10H13NO3S/c1-7-3-2-4-8(5-7)15(14)9(6-11)10(12)13/h2-5,9H,6,11H2,1H3,(H,12,13). The molecule has 0 bridgehead atoms. The zero-order chi connectivity index (χ0) is 11.4. The van der Waals surface area contributed by atoms with Crippen LogP contribution in [-0.4, -0.2) is 27.1 Å². The highest BCUT2D eigenvalue weighted by Crippen LogP contribution is 2.12. The molecule has 15 heavy (non-hydrogen) atoms. The molecule has 4 nitrogen and oxygen atoms in total. The van der Waals surface area contributed by atoms with E-state index in [0.29, 0.717) is 4.90 Å². The number of nitrogens with two attached hydrogens (primary N) is 1. The number of aryl methyl sites for hydroxylation is 1. The number of benzene rings is 1. The molecule has 1 aromatic carbocycles. The fourth-order valence-electron chi connectivity index (χ4n) is 1.18. The molecular weight excluding hydrogens is 214 g/mol. The highest BCUT2D eigenvalue weighted by molar-refractivity contribution is 7.86. The summed E-state index contributed by atoms with van der Waals surface area (Å²) in [5.41, 5.74) is 6.22. The minimum atomic E-state index is -1.59. The molecule has 0 aliphatic carbocycles. The summed E-state index contributed by atoms with van der Waals surface area (Å²) in [6.07, 6.45) is 0. The topological polar surface area (TPSA) is 80.4 Å². The smallest absolute Gasteiger partial charge is 0.320 e. The van der Waals surface area contributed by atoms with E-state index in [1.165, 1.54) is 0 Å². The lowest BCUT2D eigenvalue weighted by molar-refractivity contribution is -0.136. The SMILES string of the molecule is Cc1cccc(S(=O)C(CN)C(=O)O)c1. The molecule has 0 fully saturated rings. The summed E-state index contributed by atoms with van der Waals surface area (Å²) < 4.78 is 11.8. The first kappa shape index (κ1) is 11.9. The van der Waals surface area contributed by atoms with Gasteiger partial charge in [-0.2, -0.15) is 0 Å². The highest BCUT2D eigenvalue weighted by Gasteiger charge is 2.24. The molecule has 1 rings (SSSR count). The molecule has 0 saturated carbocycles. The molecule has 3 N–H and O–H groups in total. The third-order valence-electron chi connectivity index (χ3n) is 1.97. The number of aliphatic carboxylic acids is 1. The van der Waals surface area contributed by atoms with Gasteiger partial charge >= 0.3 is 5.97 Å². The third kappa shape index (κ3) is 2.87. The van der Waals surface area contributed by atoms with Gasteiger partial charge in [0.25, 0.3) is 0 Å². The van der Waals surface area contributed by atoms with Crippen molar-refractivity contribution in [2.45, 2.75) is 17.1 Å². The molecule has 0 amide bonds. The predicted octanol–water partition coefficient (Wildman–Crippen LogP) is 0.515. The van der Waals surface area contributed by atoms with Crippen LogP contribution >= 0.6 is 0 Å². The van der Waals surface area contributed by atoms with Gasteiger partial charge in [0.2, 0.25) is 0 Å². The van der Waals surface area contributed by atoms with E-state index in [0.717, 1.165) is 5.56 Å². The number of carbonyl (C=O) groups is 1. The molecule has 0 spiro atoms. The average Bonchev–Trinajstić information content (AvgIpc) is 2.18. The van der Waals surface area contributed by atoms with Crippen LogP contribution in [0.15, 0.2) is 29.2 Å². The fourth-order valence-corrected chi connectivity index (χ4v) is 2.39. The van der Waals surface area contributed by atoms with E-state index >= 15 is 0 Å². The molecule has 2 unspecified atom stereocenters. The third-order valence-corrected chi connectivity index (χ3v) is 3.60. The Morgan fingerprint density at radius 3 is 2.73 bits per heavy atom. The number of carboxylic acids is 1. The van der Waals surface area contributed by atoms with E-state index in [9.17, 15) is 9.00 Å². The average molecular weight is 227 g/mol. The first-order valence-electron chi connectivity index (χ1n) is 4.46. The summed E-state index contributed by atoms with van der Waals surface area (Å²) in [6.45, 7) is 1.73. The van der Waals surface area contributed by atoms with Crippen molar-refractivity contribution < 1.29 is 14.1 Å². The molecule has 0 aromatic heterocycles. The van der Waals surface area contributed by atoms with Crippen LogP contribution in [0.1, 0.15) is 5.56 Å². The molecule has 0 heterocycles. The summed E-state index contributed by atoms with van der Waals surface area (Å²) in [4.78, 5) is 11.3. The number of carboxylic acid groups (broad SMARTS) is 1. The van der Waals surface area contributed by atoms with Gasteiger partial charge in [-0.15, -0.1) is 0 Å². The second-order valence-corrected chi connectivity index (χ2v) is 4.81. The maximum absolute atomic E-state index is 11.8. The second-order valence-electron chi connectivity index (χ2n) is 3.18. The molecule has 5 heteroatoms. The highest BCUT2D eigenvalue weighted by atomic mass is 32.2. The van der Waals surface area contributed by atoms with Crippen molar-refractivity contribution in [2.24, 2.45) is 5.73 Å². The van der Waals surface area contributed by atoms with Crippen molar-refractivity contribution in [1.29, 1.82) is 0 Å². The Balaban J connectivity index is 2.98. The summed E-state index contributed by atoms with van der Waals surface area (Å²) in [6, 6.07) is 6.97. The lowest BCUT2D eigenvalue weighted by Crippen LogP contribution is -2.33. The van der Waals surface area contributed by atoms with Crippen LogP contribution in [0.3, 0.4) is 0 Å². The molecule has 2 atom stereocenters. The number of hydrogen-bond donors (Lipinski definition) is 2. The Kier molecular flexibility index (Phi) is 3.99. The van der Waals surface area contributed by atoms with Gasteiger partial charge in [0, 0.05) is 11.4 Å². The van der Waals surface area contributed by atoms with Crippen LogP contribution in [0.4, 0.5) is 0 Å². The van der Waals surface area contributed by atoms with Crippen LogP contribution in [0.25, 0.3) is 0 Å². The Hall–Kier alpha value is -1.20. The maximum atomic E-state index is 11.8. The first-order chi connectivity index (χ1) is 7.06. The zero-order valence-electron chi connectivity index (χ0n) is 8.34. The molecular formula is C10H13NO3S. The monoisotopic (exact) mass is 227 g/mol. The number of rotatable bonds is 4. The number of hydrogen-bond acceptors (Lipinski definition) is 3. The van der Waals surface area contributed by atoms with Gasteiger partial charge in [-0.3, -0.25) is 9.00 Å². The normalized spacial score (nSPS) is 14.5. The van der Waals surface area contributed by atoms with E-state index in [2.05, 4.69) is 0 Å². The van der Waals surface area contributed by atoms with Crippen molar-refractivity contribution in [3.05, 3.63) is 29.8 Å². The van der Waals surface area contributed by atoms with Crippen LogP contribution in [-0.2, 0) is 15.6 Å². The Bertz CT molecular complexity index is 392. The van der Waals surface area contributed by atoms with E-state index in [1.54, 1.807) is 18.2 Å². The van der Waals surface area contributed by atoms with Crippen molar-refractivity contribution >= 4 is 16.8 Å². The van der Waals surface area contributed by atoms with E-state index in [-0.39, 0.29) is 6.54 Å². The Morgan fingerprint density at radius 1 is 1.60 bits per heavy atom. The van der Waals surface area contributed by atoms with Gasteiger partial charge in [-0.25, -0.2) is 0 Å². The van der Waals surface area contributed by atoms with Gasteiger partial charge in [0.1, 0.15) is 5.25 Å². The molecule has 82 valence electrons. The van der Waals surface area contributed by atoms with Gasteiger partial charge in [-0.05, 0) is 24.6 Å². The van der Waals surface area contributed by atoms with E-state index in [4.69, 9.17) is 10.8 Å². The van der Waals surface area contributed by atoms with Crippen molar-refractivity contribution in [2.75, 3.05) is 6.54 Å². The molecule has 1 aromatic rings. The van der Waals surface area contributed by atoms with Crippen molar-refractivity contribution in [1.82, 2.24) is 0 Å². The molecule has 0 radical (unpaired) electrons. The van der Waals surface area contributed by atoms with Crippen molar-refractivity contribution in [3.8, 4) is 0 Å².